The molecule has 1 saturated carbocycles. The van der Waals surface area contributed by atoms with E-state index in [2.05, 4.69) is 39.7 Å². The van der Waals surface area contributed by atoms with Gasteiger partial charge in [0.2, 0.25) is 0 Å². The molecule has 4 atom stereocenters. The third-order valence-electron chi connectivity index (χ3n) is 7.62. The second-order valence-corrected chi connectivity index (χ2v) is 8.38. The lowest BCUT2D eigenvalue weighted by Crippen LogP contribution is -2.51. The van der Waals surface area contributed by atoms with Gasteiger partial charge in [-0.2, -0.15) is 5.06 Å². The topological polar surface area (TPSA) is 12.5 Å². The third-order valence-corrected chi connectivity index (χ3v) is 7.62. The molecule has 0 spiro atoms. The Kier molecular flexibility index (Phi) is 5.79. The Morgan fingerprint density at radius 3 is 2.27 bits per heavy atom. The van der Waals surface area contributed by atoms with Crippen LogP contribution in [0.5, 0.6) is 0 Å². The minimum atomic E-state index is -0.0970. The molecule has 1 heterocycles. The molecule has 1 aromatic carbocycles. The first-order chi connectivity index (χ1) is 12.5. The summed E-state index contributed by atoms with van der Waals surface area (Å²) in [6.07, 6.45) is 6.25. The van der Waals surface area contributed by atoms with E-state index in [-0.39, 0.29) is 16.8 Å². The molecule has 0 aromatic heterocycles. The highest BCUT2D eigenvalue weighted by atomic mass is 19.1. The SMILES string of the molecule is CCC1CC(CC)(c2ccccc2F)CC2C1N(CC)OC2(CC)CC. The van der Waals surface area contributed by atoms with Gasteiger partial charge < -0.3 is 0 Å². The van der Waals surface area contributed by atoms with Gasteiger partial charge in [0.15, 0.2) is 0 Å². The monoisotopic (exact) mass is 361 g/mol. The summed E-state index contributed by atoms with van der Waals surface area (Å²) in [4.78, 5) is 6.62. The fourth-order valence-electron chi connectivity index (χ4n) is 6.03. The predicted octanol–water partition coefficient (Wildman–Crippen LogP) is 6.10. The van der Waals surface area contributed by atoms with E-state index in [9.17, 15) is 4.39 Å². The van der Waals surface area contributed by atoms with Gasteiger partial charge in [-0.05, 0) is 55.1 Å². The zero-order chi connectivity index (χ0) is 18.9. The summed E-state index contributed by atoms with van der Waals surface area (Å²) >= 11 is 0. The Hall–Kier alpha value is -0.930. The zero-order valence-corrected chi connectivity index (χ0v) is 17.2. The predicted molar refractivity (Wildman–Crippen MR) is 105 cm³/mol. The van der Waals surface area contributed by atoms with Gasteiger partial charge in [-0.25, -0.2) is 4.39 Å². The number of benzene rings is 1. The van der Waals surface area contributed by atoms with E-state index in [1.165, 1.54) is 0 Å². The minimum Gasteiger partial charge on any atom is -0.292 e. The molecule has 3 rings (SSSR count). The van der Waals surface area contributed by atoms with Crippen LogP contribution in [0.25, 0.3) is 0 Å². The number of hydroxylamine groups is 2. The standard InChI is InChI=1S/C23H36FNO/c1-6-17-15-22(7-2,18-13-11-12-14-20(18)24)16-19-21(17)25(10-5)26-23(19,8-3)9-4/h11-14,17,19,21H,6-10,15-16H2,1-5H3. The fourth-order valence-corrected chi connectivity index (χ4v) is 6.03. The smallest absolute Gasteiger partial charge is 0.126 e. The van der Waals surface area contributed by atoms with Gasteiger partial charge in [0.25, 0.3) is 0 Å². The first kappa shape index (κ1) is 19.8. The summed E-state index contributed by atoms with van der Waals surface area (Å²) in [7, 11) is 0. The highest BCUT2D eigenvalue weighted by Gasteiger charge is 2.59. The van der Waals surface area contributed by atoms with Gasteiger partial charge in [0.1, 0.15) is 5.82 Å². The van der Waals surface area contributed by atoms with Crippen molar-refractivity contribution < 1.29 is 9.23 Å². The van der Waals surface area contributed by atoms with Crippen molar-refractivity contribution in [2.75, 3.05) is 6.54 Å². The quantitative estimate of drug-likeness (QED) is 0.606. The number of hydrogen-bond donors (Lipinski definition) is 0. The van der Waals surface area contributed by atoms with Crippen LogP contribution >= 0.6 is 0 Å². The maximum atomic E-state index is 14.8. The lowest BCUT2D eigenvalue weighted by atomic mass is 9.55. The van der Waals surface area contributed by atoms with Crippen molar-refractivity contribution in [1.29, 1.82) is 0 Å². The van der Waals surface area contributed by atoms with Gasteiger partial charge in [-0.15, -0.1) is 0 Å². The summed E-state index contributed by atoms with van der Waals surface area (Å²) in [6.45, 7) is 12.2. The molecule has 2 nitrogen and oxygen atoms in total. The van der Waals surface area contributed by atoms with Gasteiger partial charge in [0.05, 0.1) is 5.60 Å². The molecule has 0 radical (unpaired) electrons. The number of fused-ring (bicyclic) bond motifs is 1. The van der Waals surface area contributed by atoms with Crippen LogP contribution in [0.1, 0.15) is 78.7 Å². The summed E-state index contributed by atoms with van der Waals surface area (Å²) < 4.78 is 14.8. The van der Waals surface area contributed by atoms with Gasteiger partial charge in [-0.1, -0.05) is 59.2 Å². The first-order valence-corrected chi connectivity index (χ1v) is 10.7. The fraction of sp³-hybridized carbons (Fsp3) is 0.739. The zero-order valence-electron chi connectivity index (χ0n) is 17.2. The second kappa shape index (κ2) is 7.59. The van der Waals surface area contributed by atoms with Crippen molar-refractivity contribution in [3.63, 3.8) is 0 Å². The molecule has 1 aliphatic heterocycles. The molecular formula is C23H36FNO. The first-order valence-electron chi connectivity index (χ1n) is 10.7. The summed E-state index contributed by atoms with van der Waals surface area (Å²) in [5, 5.41) is 2.27. The van der Waals surface area contributed by atoms with Crippen molar-refractivity contribution >= 4 is 0 Å². The molecule has 2 aliphatic rings. The molecule has 26 heavy (non-hydrogen) atoms. The second-order valence-electron chi connectivity index (χ2n) is 8.38. The minimum absolute atomic E-state index is 0.0347. The maximum Gasteiger partial charge on any atom is 0.126 e. The number of hydrogen-bond acceptors (Lipinski definition) is 2. The van der Waals surface area contributed by atoms with Crippen molar-refractivity contribution in [3.05, 3.63) is 35.6 Å². The molecule has 146 valence electrons. The van der Waals surface area contributed by atoms with Crippen LogP contribution in [0.15, 0.2) is 24.3 Å². The van der Waals surface area contributed by atoms with Crippen LogP contribution in [0.2, 0.25) is 0 Å². The summed E-state index contributed by atoms with van der Waals surface area (Å²) in [5.74, 6) is 0.983. The van der Waals surface area contributed by atoms with Gasteiger partial charge in [-0.3, -0.25) is 4.84 Å². The van der Waals surface area contributed by atoms with Crippen LogP contribution in [0.3, 0.4) is 0 Å². The van der Waals surface area contributed by atoms with Crippen molar-refractivity contribution in [1.82, 2.24) is 5.06 Å². The molecular weight excluding hydrogens is 325 g/mol. The van der Waals surface area contributed by atoms with E-state index in [0.717, 1.165) is 50.6 Å². The Balaban J connectivity index is 2.09. The molecule has 1 aliphatic carbocycles. The van der Waals surface area contributed by atoms with Gasteiger partial charge >= 0.3 is 0 Å². The van der Waals surface area contributed by atoms with Crippen LogP contribution in [-0.2, 0) is 10.3 Å². The van der Waals surface area contributed by atoms with E-state index >= 15 is 0 Å². The summed E-state index contributed by atoms with van der Waals surface area (Å²) in [5.41, 5.74) is 0.756. The van der Waals surface area contributed by atoms with Crippen LogP contribution in [0, 0.1) is 17.7 Å². The van der Waals surface area contributed by atoms with E-state index in [0.29, 0.717) is 17.9 Å². The molecule has 0 bridgehead atoms. The molecule has 0 amide bonds. The summed E-state index contributed by atoms with van der Waals surface area (Å²) in [6, 6.07) is 7.94. The van der Waals surface area contributed by atoms with Crippen molar-refractivity contribution in [3.8, 4) is 0 Å². The molecule has 3 heteroatoms. The molecule has 4 unspecified atom stereocenters. The Morgan fingerprint density at radius 2 is 1.73 bits per heavy atom. The Labute approximate surface area is 159 Å². The molecule has 2 fully saturated rings. The lowest BCUT2D eigenvalue weighted by Gasteiger charge is -2.49. The van der Waals surface area contributed by atoms with E-state index < -0.39 is 0 Å². The van der Waals surface area contributed by atoms with Crippen molar-refractivity contribution in [2.45, 2.75) is 90.2 Å². The highest BCUT2D eigenvalue weighted by molar-refractivity contribution is 5.30. The molecule has 1 aromatic rings. The number of nitrogens with zero attached hydrogens (tertiary/aromatic N) is 1. The lowest BCUT2D eigenvalue weighted by molar-refractivity contribution is -0.210. The van der Waals surface area contributed by atoms with E-state index in [4.69, 9.17) is 4.84 Å². The number of rotatable bonds is 6. The average molecular weight is 362 g/mol. The van der Waals surface area contributed by atoms with Gasteiger partial charge in [0, 0.05) is 18.5 Å². The third kappa shape index (κ3) is 2.92. The van der Waals surface area contributed by atoms with E-state index in [1.54, 1.807) is 6.07 Å². The average Bonchev–Trinajstić information content (AvgIpc) is 3.01. The molecule has 0 N–H and O–H groups in total. The maximum absolute atomic E-state index is 14.8. The number of halogens is 1. The highest BCUT2D eigenvalue weighted by Crippen LogP contribution is 2.57. The van der Waals surface area contributed by atoms with Crippen LogP contribution < -0.4 is 0 Å². The van der Waals surface area contributed by atoms with Crippen molar-refractivity contribution in [2.24, 2.45) is 11.8 Å². The Morgan fingerprint density at radius 1 is 1.04 bits per heavy atom. The normalized spacial score (nSPS) is 34.0. The van der Waals surface area contributed by atoms with Crippen LogP contribution in [0.4, 0.5) is 4.39 Å². The molecule has 1 saturated heterocycles. The van der Waals surface area contributed by atoms with Crippen LogP contribution in [-0.4, -0.2) is 23.3 Å². The van der Waals surface area contributed by atoms with E-state index in [1.807, 2.05) is 18.2 Å². The Bertz CT molecular complexity index is 614. The largest absolute Gasteiger partial charge is 0.292 e.